The molecule has 5 nitrogen and oxygen atoms in total. The lowest BCUT2D eigenvalue weighted by Crippen LogP contribution is -2.10. The maximum atomic E-state index is 4.48. The smallest absolute Gasteiger partial charge is 0.203 e. The first-order valence-corrected chi connectivity index (χ1v) is 6.99. The summed E-state index contributed by atoms with van der Waals surface area (Å²) in [7, 11) is 0. The predicted octanol–water partition coefficient (Wildman–Crippen LogP) is 2.69. The molecule has 20 heavy (non-hydrogen) atoms. The third-order valence-corrected chi connectivity index (χ3v) is 3.17. The van der Waals surface area contributed by atoms with E-state index in [1.165, 1.54) is 5.69 Å². The molecule has 2 aromatic rings. The SMILES string of the molecule is C=CCNc1nc(C)cn1CCCn1nc(C)cc1C. The molecule has 0 unspecified atom stereocenters. The van der Waals surface area contributed by atoms with Crippen molar-refractivity contribution in [3.8, 4) is 0 Å². The minimum Gasteiger partial charge on any atom is -0.352 e. The Labute approximate surface area is 120 Å². The van der Waals surface area contributed by atoms with Gasteiger partial charge in [-0.1, -0.05) is 6.08 Å². The number of hydrogen-bond acceptors (Lipinski definition) is 3. The fraction of sp³-hybridized carbons (Fsp3) is 0.467. The molecule has 0 spiro atoms. The number of hydrogen-bond donors (Lipinski definition) is 1. The molecule has 0 saturated carbocycles. The van der Waals surface area contributed by atoms with Crippen molar-refractivity contribution in [2.75, 3.05) is 11.9 Å². The van der Waals surface area contributed by atoms with Gasteiger partial charge in [0.2, 0.25) is 5.95 Å². The number of rotatable bonds is 7. The van der Waals surface area contributed by atoms with E-state index in [1.54, 1.807) is 0 Å². The van der Waals surface area contributed by atoms with Crippen molar-refractivity contribution in [2.45, 2.75) is 40.3 Å². The maximum absolute atomic E-state index is 4.48. The summed E-state index contributed by atoms with van der Waals surface area (Å²) in [4.78, 5) is 4.48. The van der Waals surface area contributed by atoms with Crippen LogP contribution in [0.3, 0.4) is 0 Å². The monoisotopic (exact) mass is 273 g/mol. The van der Waals surface area contributed by atoms with Crippen LogP contribution in [0.2, 0.25) is 0 Å². The van der Waals surface area contributed by atoms with Gasteiger partial charge in [-0.2, -0.15) is 5.10 Å². The topological polar surface area (TPSA) is 47.7 Å². The molecule has 108 valence electrons. The molecule has 2 aromatic heterocycles. The lowest BCUT2D eigenvalue weighted by atomic mass is 10.4. The van der Waals surface area contributed by atoms with Crippen LogP contribution in [0.5, 0.6) is 0 Å². The van der Waals surface area contributed by atoms with Gasteiger partial charge in [-0.15, -0.1) is 6.58 Å². The van der Waals surface area contributed by atoms with E-state index in [0.29, 0.717) is 0 Å². The van der Waals surface area contributed by atoms with Crippen molar-refractivity contribution in [3.63, 3.8) is 0 Å². The van der Waals surface area contributed by atoms with Gasteiger partial charge in [0.15, 0.2) is 0 Å². The minimum absolute atomic E-state index is 0.730. The second-order valence-corrected chi connectivity index (χ2v) is 5.07. The Hall–Kier alpha value is -2.04. The molecule has 0 radical (unpaired) electrons. The summed E-state index contributed by atoms with van der Waals surface area (Å²) in [6, 6.07) is 2.11. The van der Waals surface area contributed by atoms with Crippen LogP contribution in [-0.2, 0) is 13.1 Å². The summed E-state index contributed by atoms with van der Waals surface area (Å²) in [6.07, 6.45) is 4.94. The number of anilines is 1. The van der Waals surface area contributed by atoms with E-state index < -0.39 is 0 Å². The molecular weight excluding hydrogens is 250 g/mol. The molecule has 1 N–H and O–H groups in total. The van der Waals surface area contributed by atoms with E-state index in [-0.39, 0.29) is 0 Å². The zero-order valence-electron chi connectivity index (χ0n) is 12.6. The molecule has 0 bridgehead atoms. The van der Waals surface area contributed by atoms with Gasteiger partial charge in [-0.05, 0) is 33.3 Å². The molecule has 0 aliphatic carbocycles. The molecule has 0 aliphatic heterocycles. The first kappa shape index (κ1) is 14.4. The largest absolute Gasteiger partial charge is 0.352 e. The zero-order chi connectivity index (χ0) is 14.5. The Balaban J connectivity index is 1.93. The Morgan fingerprint density at radius 2 is 2.05 bits per heavy atom. The zero-order valence-corrected chi connectivity index (χ0v) is 12.6. The molecule has 0 aromatic carbocycles. The second-order valence-electron chi connectivity index (χ2n) is 5.07. The second kappa shape index (κ2) is 6.41. The van der Waals surface area contributed by atoms with Crippen LogP contribution in [0.15, 0.2) is 24.9 Å². The van der Waals surface area contributed by atoms with E-state index >= 15 is 0 Å². The summed E-state index contributed by atoms with van der Waals surface area (Å²) in [6.45, 7) is 12.4. The lowest BCUT2D eigenvalue weighted by Gasteiger charge is -2.09. The third kappa shape index (κ3) is 3.50. The number of imidazole rings is 1. The van der Waals surface area contributed by atoms with Gasteiger partial charge >= 0.3 is 0 Å². The summed E-state index contributed by atoms with van der Waals surface area (Å²) in [5, 5.41) is 7.74. The first-order chi connectivity index (χ1) is 9.60. The van der Waals surface area contributed by atoms with Crippen LogP contribution >= 0.6 is 0 Å². The van der Waals surface area contributed by atoms with Gasteiger partial charge in [-0.3, -0.25) is 4.68 Å². The van der Waals surface area contributed by atoms with Gasteiger partial charge in [-0.25, -0.2) is 4.98 Å². The fourth-order valence-electron chi connectivity index (χ4n) is 2.31. The number of aromatic nitrogens is 4. The minimum atomic E-state index is 0.730. The summed E-state index contributed by atoms with van der Waals surface area (Å²) < 4.78 is 4.22. The van der Waals surface area contributed by atoms with Crippen molar-refractivity contribution >= 4 is 5.95 Å². The highest BCUT2D eigenvalue weighted by atomic mass is 15.3. The van der Waals surface area contributed by atoms with Crippen LogP contribution in [0.1, 0.15) is 23.5 Å². The van der Waals surface area contributed by atoms with Crippen molar-refractivity contribution < 1.29 is 0 Å². The van der Waals surface area contributed by atoms with Crippen LogP contribution in [0.25, 0.3) is 0 Å². The van der Waals surface area contributed by atoms with E-state index in [1.807, 2.05) is 19.9 Å². The van der Waals surface area contributed by atoms with E-state index in [2.05, 4.69) is 50.4 Å². The normalized spacial score (nSPS) is 10.8. The van der Waals surface area contributed by atoms with E-state index in [0.717, 1.165) is 43.4 Å². The van der Waals surface area contributed by atoms with Crippen LogP contribution in [0, 0.1) is 20.8 Å². The average Bonchev–Trinajstić information content (AvgIpc) is 2.90. The Bertz CT molecular complexity index is 579. The summed E-state index contributed by atoms with van der Waals surface area (Å²) in [5.74, 6) is 0.913. The highest BCUT2D eigenvalue weighted by Crippen LogP contribution is 2.10. The van der Waals surface area contributed by atoms with Gasteiger partial charge in [0.05, 0.1) is 11.4 Å². The number of aryl methyl sites for hydroxylation is 5. The standard InChI is InChI=1S/C15H23N5/c1-5-7-16-15-17-13(3)11-19(15)8-6-9-20-14(4)10-12(2)18-20/h5,10-11H,1,6-9H2,2-4H3,(H,16,17). The summed E-state index contributed by atoms with van der Waals surface area (Å²) in [5.41, 5.74) is 3.33. The van der Waals surface area contributed by atoms with Gasteiger partial charge in [0, 0.05) is 31.5 Å². The first-order valence-electron chi connectivity index (χ1n) is 6.99. The van der Waals surface area contributed by atoms with E-state index in [4.69, 9.17) is 0 Å². The quantitative estimate of drug-likeness (QED) is 0.789. The highest BCUT2D eigenvalue weighted by Gasteiger charge is 2.05. The molecule has 5 heteroatoms. The Morgan fingerprint density at radius 1 is 1.25 bits per heavy atom. The molecule has 0 saturated heterocycles. The van der Waals surface area contributed by atoms with Crippen molar-refractivity contribution in [1.29, 1.82) is 0 Å². The average molecular weight is 273 g/mol. The molecule has 2 rings (SSSR count). The van der Waals surface area contributed by atoms with Gasteiger partial charge < -0.3 is 9.88 Å². The number of nitrogens with zero attached hydrogens (tertiary/aromatic N) is 4. The maximum Gasteiger partial charge on any atom is 0.203 e. The molecule has 0 fully saturated rings. The number of nitrogens with one attached hydrogen (secondary N) is 1. The highest BCUT2D eigenvalue weighted by molar-refractivity contribution is 5.29. The molecular formula is C15H23N5. The van der Waals surface area contributed by atoms with Crippen LogP contribution < -0.4 is 5.32 Å². The summed E-state index contributed by atoms with van der Waals surface area (Å²) >= 11 is 0. The van der Waals surface area contributed by atoms with Crippen LogP contribution in [0.4, 0.5) is 5.95 Å². The molecule has 0 atom stereocenters. The van der Waals surface area contributed by atoms with Crippen molar-refractivity contribution in [3.05, 3.63) is 42.0 Å². The van der Waals surface area contributed by atoms with Crippen molar-refractivity contribution in [1.82, 2.24) is 19.3 Å². The Kier molecular flexibility index (Phi) is 4.61. The lowest BCUT2D eigenvalue weighted by molar-refractivity contribution is 0.518. The molecule has 0 amide bonds. The van der Waals surface area contributed by atoms with Gasteiger partial charge in [0.1, 0.15) is 0 Å². The van der Waals surface area contributed by atoms with Crippen LogP contribution in [-0.4, -0.2) is 25.9 Å². The molecule has 0 aliphatic rings. The fourth-order valence-corrected chi connectivity index (χ4v) is 2.31. The van der Waals surface area contributed by atoms with Gasteiger partial charge in [0.25, 0.3) is 0 Å². The Morgan fingerprint density at radius 3 is 2.70 bits per heavy atom. The van der Waals surface area contributed by atoms with E-state index in [9.17, 15) is 0 Å². The third-order valence-electron chi connectivity index (χ3n) is 3.17. The van der Waals surface area contributed by atoms with Crippen molar-refractivity contribution in [2.24, 2.45) is 0 Å². The molecule has 2 heterocycles. The predicted molar refractivity (Wildman–Crippen MR) is 82.0 cm³/mol.